The molecule has 0 unspecified atom stereocenters. The minimum Gasteiger partial charge on any atom is -0.493 e. The number of nitrogens with one attached hydrogen (secondary N) is 3. The minimum atomic E-state index is -0.194. The van der Waals surface area contributed by atoms with Gasteiger partial charge in [-0.15, -0.1) is 0 Å². The fraction of sp³-hybridized carbons (Fsp3) is 0.364. The Bertz CT molecular complexity index is 808. The number of anilines is 2. The largest absolute Gasteiger partial charge is 0.493 e. The maximum atomic E-state index is 12.2. The molecule has 0 fully saturated rings. The van der Waals surface area contributed by atoms with Crippen molar-refractivity contribution in [2.45, 2.75) is 13.8 Å². The maximum Gasteiger partial charge on any atom is 0.251 e. The maximum absolute atomic E-state index is 12.2. The second-order valence-corrected chi connectivity index (χ2v) is 6.96. The van der Waals surface area contributed by atoms with Crippen LogP contribution in [0, 0.1) is 5.92 Å². The van der Waals surface area contributed by atoms with Gasteiger partial charge in [-0.1, -0.05) is 26.0 Å². The summed E-state index contributed by atoms with van der Waals surface area (Å²) in [5.41, 5.74) is 1.87. The topological polar surface area (TPSA) is 88.7 Å². The summed E-state index contributed by atoms with van der Waals surface area (Å²) in [6, 6.07) is 14.3. The molecule has 2 aromatic carbocycles. The van der Waals surface area contributed by atoms with Gasteiger partial charge in [0.1, 0.15) is 5.75 Å². The standard InChI is InChI=1S/C22H29N3O4/c1-16(2)15-29-20-9-5-8-19(13-20)25-21(26)14-24-18-7-4-6-17(12-18)22(27)23-10-11-28-3/h4-9,12-13,16,24H,10-11,14-15H2,1-3H3,(H,23,27)(H,25,26). The predicted octanol–water partition coefficient (Wildman–Crippen LogP) is 3.15. The number of amides is 2. The van der Waals surface area contributed by atoms with Gasteiger partial charge in [0.2, 0.25) is 5.91 Å². The first-order chi connectivity index (χ1) is 14.0. The Balaban J connectivity index is 1.85. The molecular weight excluding hydrogens is 370 g/mol. The zero-order chi connectivity index (χ0) is 21.1. The Hall–Kier alpha value is -3.06. The number of benzene rings is 2. The Morgan fingerprint density at radius 2 is 1.79 bits per heavy atom. The molecule has 3 N–H and O–H groups in total. The highest BCUT2D eigenvalue weighted by atomic mass is 16.5. The van der Waals surface area contributed by atoms with Crippen molar-refractivity contribution in [1.82, 2.24) is 5.32 Å². The van der Waals surface area contributed by atoms with E-state index in [1.165, 1.54) is 0 Å². The molecule has 0 aliphatic heterocycles. The highest BCUT2D eigenvalue weighted by Crippen LogP contribution is 2.18. The number of ether oxygens (including phenoxy) is 2. The van der Waals surface area contributed by atoms with E-state index in [1.54, 1.807) is 37.4 Å². The van der Waals surface area contributed by atoms with E-state index in [-0.39, 0.29) is 18.4 Å². The SMILES string of the molecule is COCCNC(=O)c1cccc(NCC(=O)Nc2cccc(OCC(C)C)c2)c1. The lowest BCUT2D eigenvalue weighted by Crippen LogP contribution is -2.27. The Kier molecular flexibility index (Phi) is 8.98. The summed E-state index contributed by atoms with van der Waals surface area (Å²) in [6.07, 6.45) is 0. The van der Waals surface area contributed by atoms with Gasteiger partial charge in [0.25, 0.3) is 5.91 Å². The molecular formula is C22H29N3O4. The van der Waals surface area contributed by atoms with E-state index >= 15 is 0 Å². The molecule has 0 aliphatic rings. The highest BCUT2D eigenvalue weighted by molar-refractivity contribution is 5.96. The van der Waals surface area contributed by atoms with Gasteiger partial charge in [0.05, 0.1) is 19.8 Å². The normalized spacial score (nSPS) is 10.5. The molecule has 0 saturated heterocycles. The van der Waals surface area contributed by atoms with Gasteiger partial charge in [-0.2, -0.15) is 0 Å². The van der Waals surface area contributed by atoms with Gasteiger partial charge in [-0.25, -0.2) is 0 Å². The van der Waals surface area contributed by atoms with Gasteiger partial charge in [-0.05, 0) is 36.2 Å². The van der Waals surface area contributed by atoms with Crippen LogP contribution in [-0.2, 0) is 9.53 Å². The van der Waals surface area contributed by atoms with E-state index < -0.39 is 0 Å². The molecule has 7 heteroatoms. The van der Waals surface area contributed by atoms with E-state index in [9.17, 15) is 9.59 Å². The molecule has 29 heavy (non-hydrogen) atoms. The molecule has 2 amide bonds. The number of hydrogen-bond acceptors (Lipinski definition) is 5. The van der Waals surface area contributed by atoms with Crippen LogP contribution in [0.2, 0.25) is 0 Å². The molecule has 0 bridgehead atoms. The molecule has 7 nitrogen and oxygen atoms in total. The van der Waals surface area contributed by atoms with Crippen molar-refractivity contribution in [3.05, 3.63) is 54.1 Å². The van der Waals surface area contributed by atoms with Crippen molar-refractivity contribution in [3.8, 4) is 5.75 Å². The Morgan fingerprint density at radius 3 is 2.55 bits per heavy atom. The van der Waals surface area contributed by atoms with Crippen molar-refractivity contribution >= 4 is 23.2 Å². The van der Waals surface area contributed by atoms with E-state index in [2.05, 4.69) is 29.8 Å². The number of carbonyl (C=O) groups excluding carboxylic acids is 2. The summed E-state index contributed by atoms with van der Waals surface area (Å²) >= 11 is 0. The third-order valence-corrected chi connectivity index (χ3v) is 3.87. The first-order valence-electron chi connectivity index (χ1n) is 9.61. The Morgan fingerprint density at radius 1 is 1.03 bits per heavy atom. The van der Waals surface area contributed by atoms with Crippen LogP contribution in [0.15, 0.2) is 48.5 Å². The van der Waals surface area contributed by atoms with Crippen LogP contribution < -0.4 is 20.7 Å². The monoisotopic (exact) mass is 399 g/mol. The van der Waals surface area contributed by atoms with Gasteiger partial charge in [0, 0.05) is 36.7 Å². The van der Waals surface area contributed by atoms with Crippen molar-refractivity contribution in [2.75, 3.05) is 44.0 Å². The molecule has 0 radical (unpaired) electrons. The number of hydrogen-bond donors (Lipinski definition) is 3. The summed E-state index contributed by atoms with van der Waals surface area (Å²) in [5, 5.41) is 8.64. The Labute approximate surface area is 171 Å². The number of methoxy groups -OCH3 is 1. The summed E-state index contributed by atoms with van der Waals surface area (Å²) in [6.45, 7) is 5.74. The lowest BCUT2D eigenvalue weighted by molar-refractivity contribution is -0.114. The van der Waals surface area contributed by atoms with Crippen LogP contribution in [0.4, 0.5) is 11.4 Å². The third-order valence-electron chi connectivity index (χ3n) is 3.87. The summed E-state index contributed by atoms with van der Waals surface area (Å²) in [4.78, 5) is 24.3. The first-order valence-corrected chi connectivity index (χ1v) is 9.61. The summed E-state index contributed by atoms with van der Waals surface area (Å²) < 4.78 is 10.6. The lowest BCUT2D eigenvalue weighted by atomic mass is 10.2. The van der Waals surface area contributed by atoms with Gasteiger partial charge in [0.15, 0.2) is 0 Å². The van der Waals surface area contributed by atoms with Crippen molar-refractivity contribution in [1.29, 1.82) is 0 Å². The van der Waals surface area contributed by atoms with Crippen LogP contribution in [0.5, 0.6) is 5.75 Å². The quantitative estimate of drug-likeness (QED) is 0.505. The second-order valence-electron chi connectivity index (χ2n) is 6.96. The van der Waals surface area contributed by atoms with Crippen molar-refractivity contribution < 1.29 is 19.1 Å². The van der Waals surface area contributed by atoms with Crippen LogP contribution >= 0.6 is 0 Å². The number of rotatable bonds is 11. The molecule has 0 spiro atoms. The van der Waals surface area contributed by atoms with Crippen LogP contribution in [0.1, 0.15) is 24.2 Å². The van der Waals surface area contributed by atoms with E-state index in [0.29, 0.717) is 42.6 Å². The minimum absolute atomic E-state index is 0.0752. The predicted molar refractivity (Wildman–Crippen MR) is 115 cm³/mol. The fourth-order valence-corrected chi connectivity index (χ4v) is 2.45. The zero-order valence-corrected chi connectivity index (χ0v) is 17.2. The van der Waals surface area contributed by atoms with Gasteiger partial charge < -0.3 is 25.4 Å². The average Bonchev–Trinajstić information content (AvgIpc) is 2.71. The molecule has 0 aromatic heterocycles. The molecule has 0 heterocycles. The molecule has 0 saturated carbocycles. The van der Waals surface area contributed by atoms with E-state index in [1.807, 2.05) is 18.2 Å². The van der Waals surface area contributed by atoms with Crippen LogP contribution in [0.3, 0.4) is 0 Å². The third kappa shape index (κ3) is 8.23. The highest BCUT2D eigenvalue weighted by Gasteiger charge is 2.07. The molecule has 156 valence electrons. The lowest BCUT2D eigenvalue weighted by Gasteiger charge is -2.12. The first kappa shape index (κ1) is 22.2. The van der Waals surface area contributed by atoms with Crippen molar-refractivity contribution in [2.24, 2.45) is 5.92 Å². The molecule has 2 aromatic rings. The molecule has 2 rings (SSSR count). The zero-order valence-electron chi connectivity index (χ0n) is 17.2. The summed E-state index contributed by atoms with van der Waals surface area (Å²) in [7, 11) is 1.58. The second kappa shape index (κ2) is 11.7. The molecule has 0 atom stereocenters. The van der Waals surface area contributed by atoms with Crippen LogP contribution in [0.25, 0.3) is 0 Å². The van der Waals surface area contributed by atoms with E-state index in [0.717, 1.165) is 5.75 Å². The number of carbonyl (C=O) groups is 2. The van der Waals surface area contributed by atoms with Gasteiger partial charge in [-0.3, -0.25) is 9.59 Å². The van der Waals surface area contributed by atoms with Crippen molar-refractivity contribution in [3.63, 3.8) is 0 Å². The summed E-state index contributed by atoms with van der Waals surface area (Å²) in [5.74, 6) is 0.765. The average molecular weight is 399 g/mol. The molecule has 0 aliphatic carbocycles. The van der Waals surface area contributed by atoms with Gasteiger partial charge >= 0.3 is 0 Å². The smallest absolute Gasteiger partial charge is 0.251 e. The fourth-order valence-electron chi connectivity index (χ4n) is 2.45. The van der Waals surface area contributed by atoms with E-state index in [4.69, 9.17) is 9.47 Å². The van der Waals surface area contributed by atoms with Crippen LogP contribution in [-0.4, -0.2) is 45.2 Å².